The molecule has 1 saturated heterocycles. The third-order valence-electron chi connectivity index (χ3n) is 5.79. The first-order valence-electron chi connectivity index (χ1n) is 10.4. The van der Waals surface area contributed by atoms with Gasteiger partial charge in [-0.05, 0) is 42.2 Å². The van der Waals surface area contributed by atoms with Crippen LogP contribution in [0.15, 0.2) is 66.7 Å². The van der Waals surface area contributed by atoms with Crippen LogP contribution in [0.25, 0.3) is 0 Å². The van der Waals surface area contributed by atoms with Crippen LogP contribution in [0.5, 0.6) is 0 Å². The molecule has 1 amide bonds. The van der Waals surface area contributed by atoms with E-state index >= 15 is 0 Å². The highest BCUT2D eigenvalue weighted by Crippen LogP contribution is 2.36. The second kappa shape index (κ2) is 9.44. The SMILES string of the molecule is O=C(C(Nc1c(F)cccc1F)c1ccc(CO)cc1)N1CCC[C@H]1c1ccccc1F. The van der Waals surface area contributed by atoms with Gasteiger partial charge in [-0.15, -0.1) is 0 Å². The van der Waals surface area contributed by atoms with E-state index in [0.29, 0.717) is 36.1 Å². The van der Waals surface area contributed by atoms with Crippen molar-refractivity contribution in [3.05, 3.63) is 101 Å². The van der Waals surface area contributed by atoms with Gasteiger partial charge in [0.2, 0.25) is 5.91 Å². The minimum absolute atomic E-state index is 0.171. The Morgan fingerprint density at radius 1 is 0.969 bits per heavy atom. The Hall–Kier alpha value is -3.32. The molecule has 32 heavy (non-hydrogen) atoms. The number of rotatable bonds is 6. The van der Waals surface area contributed by atoms with Crippen LogP contribution in [0.1, 0.15) is 41.6 Å². The van der Waals surface area contributed by atoms with Crippen molar-refractivity contribution >= 4 is 11.6 Å². The second-order valence-corrected chi connectivity index (χ2v) is 7.78. The highest BCUT2D eigenvalue weighted by atomic mass is 19.1. The highest BCUT2D eigenvalue weighted by molar-refractivity contribution is 5.87. The van der Waals surface area contributed by atoms with E-state index in [1.165, 1.54) is 12.1 Å². The van der Waals surface area contributed by atoms with Gasteiger partial charge in [-0.3, -0.25) is 4.79 Å². The maximum Gasteiger partial charge on any atom is 0.250 e. The molecule has 0 saturated carbocycles. The molecule has 4 rings (SSSR count). The number of carbonyl (C=O) groups is 1. The maximum atomic E-state index is 14.5. The standard InChI is InChI=1S/C25H23F3N2O2/c26-19-6-2-1-5-18(19)22-9-4-14-30(22)25(32)23(17-12-10-16(15-31)11-13-17)29-24-20(27)7-3-8-21(24)28/h1-3,5-8,10-13,22-23,29,31H,4,9,14-15H2/t22-,23?/m0/s1. The lowest BCUT2D eigenvalue weighted by molar-refractivity contribution is -0.133. The average molecular weight is 440 g/mol. The zero-order chi connectivity index (χ0) is 22.7. The van der Waals surface area contributed by atoms with Crippen LogP contribution in [0, 0.1) is 17.5 Å². The van der Waals surface area contributed by atoms with E-state index in [1.807, 2.05) is 0 Å². The molecule has 1 fully saturated rings. The first-order chi connectivity index (χ1) is 15.5. The summed E-state index contributed by atoms with van der Waals surface area (Å²) in [5.74, 6) is -2.44. The van der Waals surface area contributed by atoms with E-state index in [4.69, 9.17) is 0 Å². The summed E-state index contributed by atoms with van der Waals surface area (Å²) in [6.07, 6.45) is 1.28. The molecular weight excluding hydrogens is 417 g/mol. The van der Waals surface area contributed by atoms with Crippen molar-refractivity contribution < 1.29 is 23.1 Å². The summed E-state index contributed by atoms with van der Waals surface area (Å²) in [4.78, 5) is 15.2. The molecular formula is C25H23F3N2O2. The van der Waals surface area contributed by atoms with Gasteiger partial charge in [-0.1, -0.05) is 48.5 Å². The van der Waals surface area contributed by atoms with Crippen molar-refractivity contribution in [3.8, 4) is 0 Å². The number of carbonyl (C=O) groups excluding carboxylic acids is 1. The molecule has 0 aliphatic carbocycles. The number of aliphatic hydroxyl groups excluding tert-OH is 1. The van der Waals surface area contributed by atoms with Crippen LogP contribution in [-0.4, -0.2) is 22.5 Å². The van der Waals surface area contributed by atoms with E-state index < -0.39 is 41.1 Å². The summed E-state index contributed by atoms with van der Waals surface area (Å²) >= 11 is 0. The van der Waals surface area contributed by atoms with Gasteiger partial charge in [0.05, 0.1) is 12.6 Å². The largest absolute Gasteiger partial charge is 0.392 e. The molecule has 1 aliphatic heterocycles. The Bertz CT molecular complexity index is 1080. The molecule has 2 atom stereocenters. The number of hydrogen-bond donors (Lipinski definition) is 2. The zero-order valence-electron chi connectivity index (χ0n) is 17.3. The van der Waals surface area contributed by atoms with Crippen molar-refractivity contribution in [1.82, 2.24) is 4.90 Å². The quantitative estimate of drug-likeness (QED) is 0.560. The maximum absolute atomic E-state index is 14.5. The Kier molecular flexibility index (Phi) is 6.46. The molecule has 0 bridgehead atoms. The molecule has 166 valence electrons. The minimum Gasteiger partial charge on any atom is -0.392 e. The van der Waals surface area contributed by atoms with Gasteiger partial charge in [0.25, 0.3) is 0 Å². The van der Waals surface area contributed by atoms with Gasteiger partial charge in [0.15, 0.2) is 0 Å². The number of likely N-dealkylation sites (tertiary alicyclic amines) is 1. The van der Waals surface area contributed by atoms with Crippen LogP contribution < -0.4 is 5.32 Å². The third kappa shape index (κ3) is 4.34. The average Bonchev–Trinajstić information content (AvgIpc) is 3.29. The molecule has 1 heterocycles. The molecule has 2 N–H and O–H groups in total. The molecule has 0 aromatic heterocycles. The third-order valence-corrected chi connectivity index (χ3v) is 5.79. The number of halogens is 3. The Labute approximate surface area is 184 Å². The Morgan fingerprint density at radius 3 is 2.28 bits per heavy atom. The number of amides is 1. The summed E-state index contributed by atoms with van der Waals surface area (Å²) in [5.41, 5.74) is 1.14. The molecule has 4 nitrogen and oxygen atoms in total. The van der Waals surface area contributed by atoms with Gasteiger partial charge in [-0.2, -0.15) is 0 Å². The zero-order valence-corrected chi connectivity index (χ0v) is 17.3. The van der Waals surface area contributed by atoms with Gasteiger partial charge in [0.1, 0.15) is 29.2 Å². The predicted molar refractivity (Wildman–Crippen MR) is 115 cm³/mol. The lowest BCUT2D eigenvalue weighted by Gasteiger charge is -2.30. The number of anilines is 1. The number of nitrogens with one attached hydrogen (secondary N) is 1. The molecule has 0 spiro atoms. The van der Waals surface area contributed by atoms with Crippen LogP contribution >= 0.6 is 0 Å². The van der Waals surface area contributed by atoms with E-state index in [2.05, 4.69) is 5.32 Å². The minimum atomic E-state index is -1.10. The molecule has 1 aliphatic rings. The van der Waals surface area contributed by atoms with Crippen LogP contribution in [0.3, 0.4) is 0 Å². The number of benzene rings is 3. The number of nitrogens with zero attached hydrogens (tertiary/aromatic N) is 1. The first kappa shape index (κ1) is 21.9. The summed E-state index contributed by atoms with van der Waals surface area (Å²) in [6.45, 7) is 0.236. The number of aliphatic hydroxyl groups is 1. The fourth-order valence-electron chi connectivity index (χ4n) is 4.15. The molecule has 3 aromatic carbocycles. The smallest absolute Gasteiger partial charge is 0.250 e. The van der Waals surface area contributed by atoms with Crippen molar-refractivity contribution in [2.75, 3.05) is 11.9 Å². The van der Waals surface area contributed by atoms with Crippen LogP contribution in [0.4, 0.5) is 18.9 Å². The highest BCUT2D eigenvalue weighted by Gasteiger charge is 2.36. The van der Waals surface area contributed by atoms with E-state index in [1.54, 1.807) is 47.4 Å². The predicted octanol–water partition coefficient (Wildman–Crippen LogP) is 5.11. The lowest BCUT2D eigenvalue weighted by Crippen LogP contribution is -2.38. The van der Waals surface area contributed by atoms with Gasteiger partial charge < -0.3 is 15.3 Å². The van der Waals surface area contributed by atoms with Gasteiger partial charge in [-0.25, -0.2) is 13.2 Å². The van der Waals surface area contributed by atoms with E-state index in [9.17, 15) is 23.1 Å². The number of para-hydroxylation sites is 1. The molecule has 0 radical (unpaired) electrons. The topological polar surface area (TPSA) is 52.6 Å². The lowest BCUT2D eigenvalue weighted by atomic mass is 10.0. The first-order valence-corrected chi connectivity index (χ1v) is 10.4. The summed E-state index contributed by atoms with van der Waals surface area (Å²) in [7, 11) is 0. The van der Waals surface area contributed by atoms with Crippen molar-refractivity contribution in [3.63, 3.8) is 0 Å². The fraction of sp³-hybridized carbons (Fsp3) is 0.240. The summed E-state index contributed by atoms with van der Waals surface area (Å²) in [5, 5.41) is 12.1. The van der Waals surface area contributed by atoms with Gasteiger partial charge >= 0.3 is 0 Å². The molecule has 3 aromatic rings. The van der Waals surface area contributed by atoms with E-state index in [-0.39, 0.29) is 6.61 Å². The van der Waals surface area contributed by atoms with Gasteiger partial charge in [0, 0.05) is 12.1 Å². The molecule has 7 heteroatoms. The Balaban J connectivity index is 1.71. The van der Waals surface area contributed by atoms with Crippen molar-refractivity contribution in [2.45, 2.75) is 31.5 Å². The normalized spacial score (nSPS) is 16.8. The fourth-order valence-corrected chi connectivity index (χ4v) is 4.15. The summed E-state index contributed by atoms with van der Waals surface area (Å²) in [6, 6.07) is 14.8. The van der Waals surface area contributed by atoms with Crippen LogP contribution in [0.2, 0.25) is 0 Å². The Morgan fingerprint density at radius 2 is 1.62 bits per heavy atom. The molecule has 1 unspecified atom stereocenters. The van der Waals surface area contributed by atoms with E-state index in [0.717, 1.165) is 12.1 Å². The number of hydrogen-bond acceptors (Lipinski definition) is 3. The summed E-state index contributed by atoms with van der Waals surface area (Å²) < 4.78 is 43.2. The van der Waals surface area contributed by atoms with Crippen molar-refractivity contribution in [2.24, 2.45) is 0 Å². The van der Waals surface area contributed by atoms with Crippen LogP contribution in [-0.2, 0) is 11.4 Å². The van der Waals surface area contributed by atoms with Crippen molar-refractivity contribution in [1.29, 1.82) is 0 Å². The monoisotopic (exact) mass is 440 g/mol. The second-order valence-electron chi connectivity index (χ2n) is 7.78.